The summed E-state index contributed by atoms with van der Waals surface area (Å²) >= 11 is 7.56. The summed E-state index contributed by atoms with van der Waals surface area (Å²) in [5.41, 5.74) is 2.20. The summed E-state index contributed by atoms with van der Waals surface area (Å²) in [4.78, 5) is 29.0. The first-order chi connectivity index (χ1) is 14.8. The van der Waals surface area contributed by atoms with Crippen LogP contribution in [0.3, 0.4) is 0 Å². The Morgan fingerprint density at radius 2 is 1.68 bits per heavy atom. The van der Waals surface area contributed by atoms with Crippen LogP contribution in [0.5, 0.6) is 0 Å². The molecular formula is C25H33ClN2O2S. The topological polar surface area (TPSA) is 49.4 Å². The maximum absolute atomic E-state index is 13.2. The second kappa shape index (κ2) is 12.8. The predicted molar refractivity (Wildman–Crippen MR) is 130 cm³/mol. The minimum Gasteiger partial charge on any atom is -0.352 e. The maximum Gasteiger partial charge on any atom is 0.243 e. The molecule has 0 spiro atoms. The van der Waals surface area contributed by atoms with Crippen molar-refractivity contribution in [1.29, 1.82) is 0 Å². The number of benzene rings is 2. The highest BCUT2D eigenvalue weighted by Gasteiger charge is 2.28. The Hall–Kier alpha value is -1.98. The minimum absolute atomic E-state index is 0.00631. The number of aryl methyl sites for hydroxylation is 1. The molecule has 168 valence electrons. The average molecular weight is 461 g/mol. The number of rotatable bonds is 11. The summed E-state index contributed by atoms with van der Waals surface area (Å²) in [6, 6.07) is 15.3. The van der Waals surface area contributed by atoms with Gasteiger partial charge in [0.2, 0.25) is 11.8 Å². The summed E-state index contributed by atoms with van der Waals surface area (Å²) in [5, 5.41) is 3.74. The van der Waals surface area contributed by atoms with Gasteiger partial charge < -0.3 is 10.2 Å². The molecule has 0 saturated heterocycles. The fraction of sp³-hybridized carbons (Fsp3) is 0.440. The highest BCUT2D eigenvalue weighted by atomic mass is 35.5. The van der Waals surface area contributed by atoms with Crippen molar-refractivity contribution in [2.24, 2.45) is 0 Å². The van der Waals surface area contributed by atoms with Gasteiger partial charge in [-0.3, -0.25) is 9.59 Å². The largest absolute Gasteiger partial charge is 0.352 e. The van der Waals surface area contributed by atoms with E-state index in [2.05, 4.69) is 5.32 Å². The molecule has 2 amide bonds. The van der Waals surface area contributed by atoms with Crippen molar-refractivity contribution in [2.75, 3.05) is 5.75 Å². The first-order valence-corrected chi connectivity index (χ1v) is 12.2. The third-order valence-electron chi connectivity index (χ3n) is 5.26. The van der Waals surface area contributed by atoms with Gasteiger partial charge in [-0.1, -0.05) is 55.3 Å². The summed E-state index contributed by atoms with van der Waals surface area (Å²) < 4.78 is 0. The van der Waals surface area contributed by atoms with Crippen molar-refractivity contribution >= 4 is 35.2 Å². The molecule has 0 bridgehead atoms. The molecule has 1 N–H and O–H groups in total. The van der Waals surface area contributed by atoms with Crippen molar-refractivity contribution in [1.82, 2.24) is 10.2 Å². The molecule has 0 aromatic heterocycles. The van der Waals surface area contributed by atoms with Crippen LogP contribution in [-0.4, -0.2) is 34.6 Å². The van der Waals surface area contributed by atoms with Crippen LogP contribution < -0.4 is 5.32 Å². The van der Waals surface area contributed by atoms with Crippen molar-refractivity contribution in [3.8, 4) is 0 Å². The van der Waals surface area contributed by atoms with E-state index < -0.39 is 6.04 Å². The van der Waals surface area contributed by atoms with Gasteiger partial charge in [0.05, 0.1) is 0 Å². The number of hydrogen-bond donors (Lipinski definition) is 1. The number of hydrogen-bond acceptors (Lipinski definition) is 3. The molecule has 0 saturated carbocycles. The lowest BCUT2D eigenvalue weighted by atomic mass is 10.1. The van der Waals surface area contributed by atoms with Crippen LogP contribution in [-0.2, 0) is 16.1 Å². The summed E-state index contributed by atoms with van der Waals surface area (Å²) in [7, 11) is 0. The molecule has 6 heteroatoms. The Labute approximate surface area is 195 Å². The summed E-state index contributed by atoms with van der Waals surface area (Å²) in [6.45, 7) is 8.44. The molecule has 2 aromatic carbocycles. The number of carbonyl (C=O) groups is 2. The SMILES string of the molecule is CC[C@H](C(=O)N[C@@H](C)CC)N(Cc1ccc(C)cc1)C(=O)CCSc1ccc(Cl)cc1. The van der Waals surface area contributed by atoms with Gasteiger partial charge in [0.25, 0.3) is 0 Å². The smallest absolute Gasteiger partial charge is 0.243 e. The van der Waals surface area contributed by atoms with Crippen LogP contribution in [0.4, 0.5) is 0 Å². The number of carbonyl (C=O) groups excluding carboxylic acids is 2. The van der Waals surface area contributed by atoms with Gasteiger partial charge in [-0.15, -0.1) is 11.8 Å². The van der Waals surface area contributed by atoms with E-state index in [1.54, 1.807) is 16.7 Å². The van der Waals surface area contributed by atoms with E-state index in [4.69, 9.17) is 11.6 Å². The highest BCUT2D eigenvalue weighted by molar-refractivity contribution is 7.99. The highest BCUT2D eigenvalue weighted by Crippen LogP contribution is 2.22. The van der Waals surface area contributed by atoms with Crippen molar-refractivity contribution < 1.29 is 9.59 Å². The molecule has 4 nitrogen and oxygen atoms in total. The third-order valence-corrected chi connectivity index (χ3v) is 6.52. The first kappa shape index (κ1) is 25.3. The fourth-order valence-electron chi connectivity index (χ4n) is 3.18. The van der Waals surface area contributed by atoms with Crippen LogP contribution in [0.2, 0.25) is 5.02 Å². The number of amides is 2. The van der Waals surface area contributed by atoms with Crippen molar-refractivity contribution in [3.05, 3.63) is 64.7 Å². The molecule has 0 unspecified atom stereocenters. The van der Waals surface area contributed by atoms with Crippen LogP contribution in [0.15, 0.2) is 53.4 Å². The van der Waals surface area contributed by atoms with E-state index in [1.807, 2.05) is 76.2 Å². The summed E-state index contributed by atoms with van der Waals surface area (Å²) in [5.74, 6) is 0.560. The molecule has 0 fully saturated rings. The lowest BCUT2D eigenvalue weighted by Crippen LogP contribution is -2.50. The minimum atomic E-state index is -0.483. The quantitative estimate of drug-likeness (QED) is 0.427. The van der Waals surface area contributed by atoms with E-state index >= 15 is 0 Å². The number of thioether (sulfide) groups is 1. The molecule has 0 aliphatic carbocycles. The molecule has 0 radical (unpaired) electrons. The Kier molecular flexibility index (Phi) is 10.4. The van der Waals surface area contributed by atoms with Crippen molar-refractivity contribution in [3.63, 3.8) is 0 Å². The van der Waals surface area contributed by atoms with Gasteiger partial charge in [0.1, 0.15) is 6.04 Å². The predicted octanol–water partition coefficient (Wildman–Crippen LogP) is 5.85. The molecule has 31 heavy (non-hydrogen) atoms. The molecule has 2 atom stereocenters. The van der Waals surface area contributed by atoms with Crippen LogP contribution >= 0.6 is 23.4 Å². The van der Waals surface area contributed by atoms with E-state index in [1.165, 1.54) is 5.56 Å². The molecule has 0 aliphatic rings. The number of nitrogens with zero attached hydrogens (tertiary/aromatic N) is 1. The Morgan fingerprint density at radius 3 is 2.26 bits per heavy atom. The Morgan fingerprint density at radius 1 is 1.03 bits per heavy atom. The van der Waals surface area contributed by atoms with Gasteiger partial charge in [0, 0.05) is 34.7 Å². The average Bonchev–Trinajstić information content (AvgIpc) is 2.76. The van der Waals surface area contributed by atoms with E-state index in [0.29, 0.717) is 30.2 Å². The number of nitrogens with one attached hydrogen (secondary N) is 1. The Bertz CT molecular complexity index is 840. The molecule has 0 heterocycles. The van der Waals surface area contributed by atoms with Gasteiger partial charge in [-0.2, -0.15) is 0 Å². The van der Waals surface area contributed by atoms with Crippen LogP contribution in [0.25, 0.3) is 0 Å². The lowest BCUT2D eigenvalue weighted by Gasteiger charge is -2.31. The third kappa shape index (κ3) is 8.23. The van der Waals surface area contributed by atoms with E-state index in [9.17, 15) is 9.59 Å². The monoisotopic (exact) mass is 460 g/mol. The second-order valence-electron chi connectivity index (χ2n) is 7.80. The van der Waals surface area contributed by atoms with E-state index in [0.717, 1.165) is 16.9 Å². The van der Waals surface area contributed by atoms with Crippen LogP contribution in [0.1, 0.15) is 51.2 Å². The van der Waals surface area contributed by atoms with Gasteiger partial charge >= 0.3 is 0 Å². The van der Waals surface area contributed by atoms with Gasteiger partial charge in [-0.05, 0) is 56.5 Å². The molecule has 2 rings (SSSR count). The zero-order valence-corrected chi connectivity index (χ0v) is 20.4. The van der Waals surface area contributed by atoms with Crippen LogP contribution in [0, 0.1) is 6.92 Å². The summed E-state index contributed by atoms with van der Waals surface area (Å²) in [6.07, 6.45) is 1.79. The second-order valence-corrected chi connectivity index (χ2v) is 9.41. The zero-order valence-electron chi connectivity index (χ0n) is 18.9. The van der Waals surface area contributed by atoms with Gasteiger partial charge in [0.15, 0.2) is 0 Å². The molecular weight excluding hydrogens is 428 g/mol. The van der Waals surface area contributed by atoms with E-state index in [-0.39, 0.29) is 17.9 Å². The maximum atomic E-state index is 13.2. The Balaban J connectivity index is 2.12. The van der Waals surface area contributed by atoms with Gasteiger partial charge in [-0.25, -0.2) is 0 Å². The molecule has 2 aromatic rings. The lowest BCUT2D eigenvalue weighted by molar-refractivity contribution is -0.141. The number of halogens is 1. The normalized spacial score (nSPS) is 12.8. The van der Waals surface area contributed by atoms with Crippen molar-refractivity contribution in [2.45, 2.75) is 70.5 Å². The standard InChI is InChI=1S/C25H33ClN2O2S/c1-5-19(4)27-25(30)23(6-2)28(17-20-9-7-18(3)8-10-20)24(29)15-16-31-22-13-11-21(26)12-14-22/h7-14,19,23H,5-6,15-17H2,1-4H3,(H,27,30)/t19-,23+/m0/s1. The first-order valence-electron chi connectivity index (χ1n) is 10.9. The fourth-order valence-corrected chi connectivity index (χ4v) is 4.15. The molecule has 0 aliphatic heterocycles. The zero-order chi connectivity index (χ0) is 22.8.